The normalized spacial score (nSPS) is 14.0. The Balaban J connectivity index is 1.96. The summed E-state index contributed by atoms with van der Waals surface area (Å²) in [5.74, 6) is -0.816. The first-order chi connectivity index (χ1) is 12.9. The maximum Gasteiger partial charge on any atom is 0.336 e. The van der Waals surface area contributed by atoms with E-state index in [0.717, 1.165) is 4.90 Å². The van der Waals surface area contributed by atoms with Gasteiger partial charge in [0.05, 0.1) is 41.2 Å². The van der Waals surface area contributed by atoms with Gasteiger partial charge in [-0.1, -0.05) is 23.7 Å². The summed E-state index contributed by atoms with van der Waals surface area (Å²) in [5.41, 5.74) is 0.862. The molecule has 0 atom stereocenters. The third kappa shape index (κ3) is 3.82. The molecule has 2 amide bonds. The van der Waals surface area contributed by atoms with E-state index in [-0.39, 0.29) is 35.9 Å². The van der Waals surface area contributed by atoms with Crippen LogP contribution in [0, 0.1) is 0 Å². The van der Waals surface area contributed by atoms with Crippen LogP contribution in [0.4, 0.5) is 5.82 Å². The SMILES string of the molecule is CCOP(=O)(Cc1nc(N2C(=O)c3ccccc3C2=O)ccc1Cl)OCC. The molecule has 0 aliphatic carbocycles. The van der Waals surface area contributed by atoms with E-state index in [9.17, 15) is 14.2 Å². The van der Waals surface area contributed by atoms with Gasteiger partial charge in [0, 0.05) is 0 Å². The minimum atomic E-state index is -3.44. The molecule has 1 aliphatic heterocycles. The van der Waals surface area contributed by atoms with Crippen LogP contribution < -0.4 is 4.90 Å². The molecule has 0 spiro atoms. The maximum absolute atomic E-state index is 12.8. The second-order valence-corrected chi connectivity index (χ2v) is 8.16. The fraction of sp³-hybridized carbons (Fsp3) is 0.278. The third-order valence-electron chi connectivity index (χ3n) is 3.92. The number of aromatic nitrogens is 1. The quantitative estimate of drug-likeness (QED) is 0.501. The van der Waals surface area contributed by atoms with Crippen LogP contribution in [0.5, 0.6) is 0 Å². The number of imide groups is 1. The lowest BCUT2D eigenvalue weighted by atomic mass is 10.1. The highest BCUT2D eigenvalue weighted by Gasteiger charge is 2.37. The Morgan fingerprint density at radius 3 is 2.07 bits per heavy atom. The molecule has 3 rings (SSSR count). The van der Waals surface area contributed by atoms with Crippen LogP contribution >= 0.6 is 19.2 Å². The number of rotatable bonds is 7. The van der Waals surface area contributed by atoms with Gasteiger partial charge in [-0.2, -0.15) is 0 Å². The van der Waals surface area contributed by atoms with E-state index in [2.05, 4.69) is 4.98 Å². The zero-order valence-electron chi connectivity index (χ0n) is 14.8. The molecule has 142 valence electrons. The van der Waals surface area contributed by atoms with Crippen molar-refractivity contribution in [1.82, 2.24) is 4.98 Å². The second-order valence-electron chi connectivity index (χ2n) is 5.69. The van der Waals surface area contributed by atoms with Gasteiger partial charge in [0.1, 0.15) is 5.82 Å². The summed E-state index contributed by atoms with van der Waals surface area (Å²) in [5, 5.41) is 0.245. The van der Waals surface area contributed by atoms with Crippen LogP contribution in [0.2, 0.25) is 5.02 Å². The first-order valence-corrected chi connectivity index (χ1v) is 10.5. The van der Waals surface area contributed by atoms with Crippen molar-refractivity contribution >= 4 is 36.8 Å². The number of pyridine rings is 1. The van der Waals surface area contributed by atoms with Crippen LogP contribution in [0.3, 0.4) is 0 Å². The van der Waals surface area contributed by atoms with Gasteiger partial charge < -0.3 is 9.05 Å². The van der Waals surface area contributed by atoms with Crippen LogP contribution in [0.1, 0.15) is 40.3 Å². The molecule has 1 aliphatic rings. The highest BCUT2D eigenvalue weighted by molar-refractivity contribution is 7.53. The van der Waals surface area contributed by atoms with E-state index in [1.54, 1.807) is 38.1 Å². The molecule has 7 nitrogen and oxygen atoms in total. The number of hydrogen-bond acceptors (Lipinski definition) is 6. The van der Waals surface area contributed by atoms with Crippen molar-refractivity contribution in [2.45, 2.75) is 20.0 Å². The third-order valence-corrected chi connectivity index (χ3v) is 6.26. The molecule has 27 heavy (non-hydrogen) atoms. The molecule has 0 unspecified atom stereocenters. The Hall–Kier alpha value is -2.05. The molecule has 0 fully saturated rings. The fourth-order valence-electron chi connectivity index (χ4n) is 2.81. The number of amides is 2. The second kappa shape index (κ2) is 7.90. The van der Waals surface area contributed by atoms with Gasteiger partial charge in [0.2, 0.25) is 0 Å². The molecular formula is C18H18ClN2O5P. The summed E-state index contributed by atoms with van der Waals surface area (Å²) in [6.45, 7) is 3.81. The molecule has 1 aromatic heterocycles. The van der Waals surface area contributed by atoms with Gasteiger partial charge in [0.15, 0.2) is 0 Å². The lowest BCUT2D eigenvalue weighted by Gasteiger charge is -2.19. The van der Waals surface area contributed by atoms with Crippen molar-refractivity contribution in [3.63, 3.8) is 0 Å². The Bertz CT molecular complexity index is 904. The highest BCUT2D eigenvalue weighted by Crippen LogP contribution is 2.52. The average Bonchev–Trinajstić information content (AvgIpc) is 2.89. The molecule has 1 aromatic carbocycles. The summed E-state index contributed by atoms with van der Waals surface area (Å²) in [6, 6.07) is 9.53. The lowest BCUT2D eigenvalue weighted by molar-refractivity contribution is 0.0925. The molecular weight excluding hydrogens is 391 g/mol. The van der Waals surface area contributed by atoms with E-state index < -0.39 is 19.4 Å². The van der Waals surface area contributed by atoms with Crippen LogP contribution in [0.15, 0.2) is 36.4 Å². The van der Waals surface area contributed by atoms with Gasteiger partial charge in [-0.15, -0.1) is 0 Å². The van der Waals surface area contributed by atoms with Crippen molar-refractivity contribution in [3.05, 3.63) is 58.2 Å². The number of hydrogen-bond donors (Lipinski definition) is 0. The molecule has 2 heterocycles. The fourth-order valence-corrected chi connectivity index (χ4v) is 4.73. The van der Waals surface area contributed by atoms with E-state index in [4.69, 9.17) is 20.6 Å². The average molecular weight is 409 g/mol. The zero-order valence-corrected chi connectivity index (χ0v) is 16.5. The number of carbonyl (C=O) groups is 2. The molecule has 0 saturated carbocycles. The minimum absolute atomic E-state index is 0.111. The Kier molecular flexibility index (Phi) is 5.77. The van der Waals surface area contributed by atoms with E-state index >= 15 is 0 Å². The van der Waals surface area contributed by atoms with Gasteiger partial charge >= 0.3 is 7.60 Å². The monoisotopic (exact) mass is 408 g/mol. The molecule has 0 radical (unpaired) electrons. The Labute approximate surface area is 161 Å². The van der Waals surface area contributed by atoms with Crippen LogP contribution in [-0.4, -0.2) is 30.0 Å². The zero-order chi connectivity index (χ0) is 19.6. The van der Waals surface area contributed by atoms with Crippen molar-refractivity contribution in [3.8, 4) is 0 Å². The van der Waals surface area contributed by atoms with Crippen molar-refractivity contribution in [2.75, 3.05) is 18.1 Å². The predicted molar refractivity (Wildman–Crippen MR) is 101 cm³/mol. The summed E-state index contributed by atoms with van der Waals surface area (Å²) >= 11 is 6.19. The molecule has 0 saturated heterocycles. The van der Waals surface area contributed by atoms with Crippen LogP contribution in [0.25, 0.3) is 0 Å². The summed E-state index contributed by atoms with van der Waals surface area (Å²) in [6.07, 6.45) is -0.162. The van der Waals surface area contributed by atoms with Crippen molar-refractivity contribution in [1.29, 1.82) is 0 Å². The molecule has 0 N–H and O–H groups in total. The maximum atomic E-state index is 12.8. The van der Waals surface area contributed by atoms with E-state index in [1.807, 2.05) is 0 Å². The number of nitrogens with zero attached hydrogens (tertiary/aromatic N) is 2. The first kappa shape index (κ1) is 19.7. The van der Waals surface area contributed by atoms with E-state index in [1.165, 1.54) is 12.1 Å². The number of benzene rings is 1. The van der Waals surface area contributed by atoms with Crippen LogP contribution in [-0.2, 0) is 19.8 Å². The van der Waals surface area contributed by atoms with Gasteiger partial charge in [0.25, 0.3) is 11.8 Å². The molecule has 2 aromatic rings. The highest BCUT2D eigenvalue weighted by atomic mass is 35.5. The number of anilines is 1. The lowest BCUT2D eigenvalue weighted by Crippen LogP contribution is -2.30. The summed E-state index contributed by atoms with van der Waals surface area (Å²) < 4.78 is 23.3. The topological polar surface area (TPSA) is 85.8 Å². The Morgan fingerprint density at radius 2 is 1.56 bits per heavy atom. The minimum Gasteiger partial charge on any atom is -0.309 e. The smallest absolute Gasteiger partial charge is 0.309 e. The van der Waals surface area contributed by atoms with Crippen molar-refractivity contribution < 1.29 is 23.2 Å². The number of halogens is 1. The first-order valence-electron chi connectivity index (χ1n) is 8.41. The summed E-state index contributed by atoms with van der Waals surface area (Å²) in [7, 11) is -3.44. The van der Waals surface area contributed by atoms with Gasteiger partial charge in [-0.25, -0.2) is 9.88 Å². The van der Waals surface area contributed by atoms with Gasteiger partial charge in [-0.3, -0.25) is 14.2 Å². The van der Waals surface area contributed by atoms with Crippen molar-refractivity contribution in [2.24, 2.45) is 0 Å². The number of carbonyl (C=O) groups excluding carboxylic acids is 2. The predicted octanol–water partition coefficient (Wildman–Crippen LogP) is 4.30. The molecule has 9 heteroatoms. The largest absolute Gasteiger partial charge is 0.336 e. The van der Waals surface area contributed by atoms with E-state index in [0.29, 0.717) is 11.1 Å². The number of fused-ring (bicyclic) bond motifs is 1. The molecule has 0 bridgehead atoms. The Morgan fingerprint density at radius 1 is 1.00 bits per heavy atom. The standard InChI is InChI=1S/C18H18ClN2O5P/c1-3-25-27(24,26-4-2)11-15-14(19)9-10-16(20-15)21-17(22)12-7-5-6-8-13(12)18(21)23/h5-10H,3-4,11H2,1-2H3. The van der Waals surface area contributed by atoms with Gasteiger partial charge in [-0.05, 0) is 38.1 Å². The summed E-state index contributed by atoms with van der Waals surface area (Å²) in [4.78, 5) is 30.5.